The zero-order valence-corrected chi connectivity index (χ0v) is 33.5. The van der Waals surface area contributed by atoms with Gasteiger partial charge in [-0.3, -0.25) is 4.79 Å². The Labute approximate surface area is 305 Å². The molecule has 3 rings (SSSR count). The molecule has 300 valence electrons. The molecule has 0 aliphatic carbocycles. The van der Waals surface area contributed by atoms with E-state index in [1.807, 2.05) is 58.6 Å². The Balaban J connectivity index is 2.16. The van der Waals surface area contributed by atoms with E-state index in [-0.39, 0.29) is 31.0 Å². The average molecular weight is 735 g/mol. The van der Waals surface area contributed by atoms with E-state index in [0.717, 1.165) is 0 Å². The van der Waals surface area contributed by atoms with Crippen molar-refractivity contribution in [3.05, 3.63) is 0 Å². The van der Waals surface area contributed by atoms with Gasteiger partial charge in [0.15, 0.2) is 12.6 Å². The average Bonchev–Trinajstić information content (AvgIpc) is 3.04. The van der Waals surface area contributed by atoms with Gasteiger partial charge in [-0.05, 0) is 95.3 Å². The summed E-state index contributed by atoms with van der Waals surface area (Å²) in [7, 11) is 7.15. The standard InChI is InChI=1S/C37H70N2O12/c1-19-18-39(13)20(2)16-35(8,44)32(51-34-28(40)26(38(11)12)15-21(3)47-34)22(4)29(23(5)33(43)49-25(7)37(10,45)30(19)41)50-27-17-36(9,46-14)31(42)24(6)48-27/h19-32,34,40-42,44-45H,15-18H2,1-14H3/t19?,20-,21?,22+,23-,24?,25-,26?,27?,28?,29+,30-,31?,32-,34?,35+,36?,37-/m1/s1. The van der Waals surface area contributed by atoms with Crippen LogP contribution in [0.25, 0.3) is 0 Å². The molecule has 0 saturated carbocycles. The molecule has 18 atom stereocenters. The molecule has 51 heavy (non-hydrogen) atoms. The molecule has 0 aromatic rings. The van der Waals surface area contributed by atoms with Crippen LogP contribution in [-0.4, -0.2) is 166 Å². The van der Waals surface area contributed by atoms with Crippen molar-refractivity contribution in [2.24, 2.45) is 17.8 Å². The van der Waals surface area contributed by atoms with Crippen molar-refractivity contribution in [3.63, 3.8) is 0 Å². The quantitative estimate of drug-likeness (QED) is 0.248. The molecule has 0 aromatic carbocycles. The first-order valence-corrected chi connectivity index (χ1v) is 18.6. The van der Waals surface area contributed by atoms with E-state index in [1.165, 1.54) is 14.0 Å². The molecule has 3 saturated heterocycles. The number of cyclic esters (lactones) is 1. The number of ether oxygens (including phenoxy) is 6. The Bertz CT molecular complexity index is 1130. The van der Waals surface area contributed by atoms with E-state index < -0.39 is 95.8 Å². The molecule has 3 aliphatic heterocycles. The Morgan fingerprint density at radius 1 is 0.902 bits per heavy atom. The summed E-state index contributed by atoms with van der Waals surface area (Å²) in [6.45, 7) is 17.6. The summed E-state index contributed by atoms with van der Waals surface area (Å²) < 4.78 is 37.3. The zero-order chi connectivity index (χ0) is 39.0. The number of aliphatic hydroxyl groups is 5. The van der Waals surface area contributed by atoms with Gasteiger partial charge in [-0.2, -0.15) is 0 Å². The van der Waals surface area contributed by atoms with Crippen molar-refractivity contribution < 1.29 is 58.7 Å². The van der Waals surface area contributed by atoms with Gasteiger partial charge in [0, 0.05) is 38.1 Å². The highest BCUT2D eigenvalue weighted by atomic mass is 16.7. The number of nitrogens with zero attached hydrogens (tertiary/aromatic N) is 2. The fraction of sp³-hybridized carbons (Fsp3) is 0.973. The third-order valence-corrected chi connectivity index (χ3v) is 12.1. The number of hydrogen-bond donors (Lipinski definition) is 5. The number of rotatable bonds is 6. The molecule has 14 heteroatoms. The first-order chi connectivity index (χ1) is 23.4. The second-order valence-electron chi connectivity index (χ2n) is 16.9. The molecule has 3 aliphatic rings. The lowest BCUT2D eigenvalue weighted by atomic mass is 9.78. The minimum atomic E-state index is -1.79. The second-order valence-corrected chi connectivity index (χ2v) is 16.9. The summed E-state index contributed by atoms with van der Waals surface area (Å²) in [5.41, 5.74) is -4.38. The number of hydrogen-bond acceptors (Lipinski definition) is 14. The first-order valence-electron chi connectivity index (χ1n) is 18.6. The van der Waals surface area contributed by atoms with Crippen LogP contribution in [0.4, 0.5) is 0 Å². The van der Waals surface area contributed by atoms with Gasteiger partial charge in [0.2, 0.25) is 0 Å². The number of methoxy groups -OCH3 is 1. The normalized spacial score (nSPS) is 50.4. The molecule has 0 radical (unpaired) electrons. The molecule has 14 nitrogen and oxygen atoms in total. The maximum Gasteiger partial charge on any atom is 0.311 e. The van der Waals surface area contributed by atoms with Gasteiger partial charge in [0.05, 0.1) is 47.6 Å². The number of carbonyl (C=O) groups is 1. The number of aliphatic hydroxyl groups excluding tert-OH is 3. The minimum Gasteiger partial charge on any atom is -0.459 e. The lowest BCUT2D eigenvalue weighted by Crippen LogP contribution is -2.60. The molecular formula is C37H70N2O12. The Morgan fingerprint density at radius 3 is 2.08 bits per heavy atom. The summed E-state index contributed by atoms with van der Waals surface area (Å²) in [6, 6.07) is -0.517. The second kappa shape index (κ2) is 17.2. The minimum absolute atomic E-state index is 0.130. The van der Waals surface area contributed by atoms with Gasteiger partial charge in [0.1, 0.15) is 23.9 Å². The third-order valence-electron chi connectivity index (χ3n) is 12.1. The smallest absolute Gasteiger partial charge is 0.311 e. The molecule has 5 N–H and O–H groups in total. The van der Waals surface area contributed by atoms with E-state index in [0.29, 0.717) is 13.0 Å². The highest BCUT2D eigenvalue weighted by Crippen LogP contribution is 2.39. The Kier molecular flexibility index (Phi) is 15.0. The molecule has 9 unspecified atom stereocenters. The predicted molar refractivity (Wildman–Crippen MR) is 190 cm³/mol. The van der Waals surface area contributed by atoms with Crippen molar-refractivity contribution in [1.29, 1.82) is 0 Å². The maximum atomic E-state index is 14.0. The lowest BCUT2D eigenvalue weighted by molar-refractivity contribution is -0.318. The summed E-state index contributed by atoms with van der Waals surface area (Å²) in [5, 5.41) is 57.7. The number of carbonyl (C=O) groups excluding carboxylic acids is 1. The van der Waals surface area contributed by atoms with Crippen molar-refractivity contribution in [1.82, 2.24) is 9.80 Å². The number of likely N-dealkylation sites (N-methyl/N-ethyl adjacent to an activating group) is 1. The SMILES string of the molecule is COC1(C)CC(O[C@H]2[C@H](C)[C@@H](OC3OC(C)CC(N(C)C)C3O)[C@@](C)(O)C[C@@H](C)N(C)CC(C)[C@@H](O)[C@](C)(O)[C@@H](C)OC(=O)[C@@H]2C)OC(C)C1O. The highest BCUT2D eigenvalue weighted by Gasteiger charge is 2.52. The van der Waals surface area contributed by atoms with Crippen LogP contribution in [0.15, 0.2) is 0 Å². The van der Waals surface area contributed by atoms with Crippen molar-refractivity contribution in [2.45, 2.75) is 179 Å². The Morgan fingerprint density at radius 2 is 1.51 bits per heavy atom. The monoisotopic (exact) mass is 734 g/mol. The lowest BCUT2D eigenvalue weighted by Gasteiger charge is -2.49. The van der Waals surface area contributed by atoms with Crippen molar-refractivity contribution >= 4 is 5.97 Å². The van der Waals surface area contributed by atoms with Crippen LogP contribution in [0.5, 0.6) is 0 Å². The largest absolute Gasteiger partial charge is 0.459 e. The van der Waals surface area contributed by atoms with Crippen molar-refractivity contribution in [2.75, 3.05) is 34.8 Å². The van der Waals surface area contributed by atoms with Crippen LogP contribution in [0.2, 0.25) is 0 Å². The predicted octanol–water partition coefficient (Wildman–Crippen LogP) is 1.51. The highest BCUT2D eigenvalue weighted by molar-refractivity contribution is 5.73. The van der Waals surface area contributed by atoms with E-state index in [2.05, 4.69) is 0 Å². The zero-order valence-electron chi connectivity index (χ0n) is 33.5. The van der Waals surface area contributed by atoms with Gasteiger partial charge < -0.3 is 63.8 Å². The molecule has 0 aromatic heterocycles. The summed E-state index contributed by atoms with van der Waals surface area (Å²) in [5.74, 6) is -2.90. The molecule has 3 heterocycles. The third kappa shape index (κ3) is 10.0. The fourth-order valence-electron chi connectivity index (χ4n) is 8.23. The van der Waals surface area contributed by atoms with Crippen molar-refractivity contribution in [3.8, 4) is 0 Å². The van der Waals surface area contributed by atoms with E-state index in [4.69, 9.17) is 28.4 Å². The van der Waals surface area contributed by atoms with Crippen LogP contribution in [0, 0.1) is 17.8 Å². The van der Waals surface area contributed by atoms with Gasteiger partial charge in [-0.1, -0.05) is 13.8 Å². The number of esters is 1. The Hall–Kier alpha value is -1.01. The van der Waals surface area contributed by atoms with E-state index in [1.54, 1.807) is 34.6 Å². The van der Waals surface area contributed by atoms with Crippen LogP contribution >= 0.6 is 0 Å². The van der Waals surface area contributed by atoms with Crippen LogP contribution < -0.4 is 0 Å². The van der Waals surface area contributed by atoms with Gasteiger partial charge in [-0.25, -0.2) is 0 Å². The molecular weight excluding hydrogens is 664 g/mol. The van der Waals surface area contributed by atoms with Crippen LogP contribution in [-0.2, 0) is 33.2 Å². The van der Waals surface area contributed by atoms with E-state index >= 15 is 0 Å². The first kappa shape index (κ1) is 44.4. The van der Waals surface area contributed by atoms with Gasteiger partial charge in [0.25, 0.3) is 0 Å². The van der Waals surface area contributed by atoms with Gasteiger partial charge >= 0.3 is 5.97 Å². The topological polar surface area (TPSA) is 180 Å². The molecule has 3 fully saturated rings. The molecule has 0 spiro atoms. The summed E-state index contributed by atoms with van der Waals surface area (Å²) >= 11 is 0. The van der Waals surface area contributed by atoms with Gasteiger partial charge in [-0.15, -0.1) is 0 Å². The van der Waals surface area contributed by atoms with E-state index in [9.17, 15) is 30.3 Å². The van der Waals surface area contributed by atoms with Crippen LogP contribution in [0.1, 0.15) is 88.5 Å². The molecule has 0 amide bonds. The summed E-state index contributed by atoms with van der Waals surface area (Å²) in [6.07, 6.45) is -8.49. The van der Waals surface area contributed by atoms with Crippen LogP contribution in [0.3, 0.4) is 0 Å². The maximum absolute atomic E-state index is 14.0. The summed E-state index contributed by atoms with van der Waals surface area (Å²) in [4.78, 5) is 18.0. The fourth-order valence-corrected chi connectivity index (χ4v) is 8.23. The molecule has 0 bridgehead atoms.